The fraction of sp³-hybridized carbons (Fsp3) is 0.229. The molecule has 9 aromatic carbocycles. The topological polar surface area (TPSA) is 3.24 Å². The lowest BCUT2D eigenvalue weighted by molar-refractivity contribution is 0.589. The van der Waals surface area contributed by atoms with E-state index in [1.54, 1.807) is 0 Å². The number of fused-ring (bicyclic) bond motifs is 6. The fourth-order valence-electron chi connectivity index (χ4n) is 12.3. The molecule has 0 saturated carbocycles. The SMILES string of the molecule is CCCCCc1ccc(C2(c3ccc(CCCCC)cc3)c3ccccc3-c3ccc(N(c4ccccc4)c4ccc5c(c4)C(c4ccccc4)(c4ccc(C(C)(C)C)cc4)c4ccccc4-5)cc32)cc1. The molecule has 2 aliphatic rings. The van der Waals surface area contributed by atoms with Gasteiger partial charge in [0, 0.05) is 17.1 Å². The molecule has 0 aliphatic heterocycles. The molecule has 1 atom stereocenters. The third-order valence-electron chi connectivity index (χ3n) is 15.9. The van der Waals surface area contributed by atoms with Crippen molar-refractivity contribution in [3.63, 3.8) is 0 Å². The maximum atomic E-state index is 2.53. The van der Waals surface area contributed by atoms with Crippen molar-refractivity contribution in [1.29, 1.82) is 0 Å². The average Bonchev–Trinajstić information content (AvgIpc) is 3.88. The Bertz CT molecular complexity index is 3230. The summed E-state index contributed by atoms with van der Waals surface area (Å²) in [6.07, 6.45) is 9.62. The van der Waals surface area contributed by atoms with E-state index in [0.29, 0.717) is 0 Å². The molecule has 2 aliphatic carbocycles. The lowest BCUT2D eigenvalue weighted by Gasteiger charge is -2.36. The quantitative estimate of drug-likeness (QED) is 0.0926. The monoisotopic (exact) mass is 922 g/mol. The highest BCUT2D eigenvalue weighted by Gasteiger charge is 2.48. The molecule has 0 N–H and O–H groups in total. The number of aryl methyl sites for hydroxylation is 2. The van der Waals surface area contributed by atoms with Crippen molar-refractivity contribution in [2.45, 2.75) is 102 Å². The summed E-state index contributed by atoms with van der Waals surface area (Å²) in [5, 5.41) is 0. The molecule has 0 bridgehead atoms. The molecule has 352 valence electrons. The number of benzene rings is 9. The first kappa shape index (κ1) is 46.2. The van der Waals surface area contributed by atoms with Crippen LogP contribution in [0, 0.1) is 0 Å². The minimum absolute atomic E-state index is 0.0392. The number of rotatable bonds is 15. The molecule has 71 heavy (non-hydrogen) atoms. The van der Waals surface area contributed by atoms with E-state index >= 15 is 0 Å². The number of unbranched alkanes of at least 4 members (excludes halogenated alkanes) is 4. The van der Waals surface area contributed by atoms with Gasteiger partial charge in [-0.3, -0.25) is 0 Å². The van der Waals surface area contributed by atoms with Crippen LogP contribution < -0.4 is 4.90 Å². The number of para-hydroxylation sites is 1. The Morgan fingerprint density at radius 2 is 0.718 bits per heavy atom. The molecule has 1 unspecified atom stereocenters. The molecule has 0 radical (unpaired) electrons. The lowest BCUT2D eigenvalue weighted by atomic mass is 9.67. The standard InChI is InChI=1S/C70H67N/c1-6-8-12-22-50-32-36-54(37-33-50)70(55-38-34-51(35-39-55)23-13-9-7-2)65-31-21-19-29-61(65)63-47-45-59(49-67(63)70)71(57-26-16-11-17-27-57)58-44-46-62-60-28-18-20-30-64(60)69(66(62)48-58,53-24-14-10-15-25-53)56-42-40-52(41-43-56)68(3,4)5/h10-11,14-21,24-49H,6-9,12-13,22-23H2,1-5H3. The van der Waals surface area contributed by atoms with E-state index < -0.39 is 10.8 Å². The van der Waals surface area contributed by atoms with Gasteiger partial charge in [-0.2, -0.15) is 0 Å². The number of nitrogens with zero attached hydrogens (tertiary/aromatic N) is 1. The van der Waals surface area contributed by atoms with Gasteiger partial charge in [0.05, 0.1) is 10.8 Å². The van der Waals surface area contributed by atoms with Crippen LogP contribution in [-0.4, -0.2) is 0 Å². The molecule has 1 nitrogen and oxygen atoms in total. The Hall–Kier alpha value is -7.22. The van der Waals surface area contributed by atoms with E-state index in [4.69, 9.17) is 0 Å². The first-order valence-corrected chi connectivity index (χ1v) is 26.5. The van der Waals surface area contributed by atoms with Crippen molar-refractivity contribution in [2.24, 2.45) is 0 Å². The van der Waals surface area contributed by atoms with Crippen molar-refractivity contribution in [3.8, 4) is 22.3 Å². The highest BCUT2D eigenvalue weighted by atomic mass is 15.1. The van der Waals surface area contributed by atoms with E-state index in [-0.39, 0.29) is 5.41 Å². The minimum Gasteiger partial charge on any atom is -0.310 e. The molecular weight excluding hydrogens is 855 g/mol. The van der Waals surface area contributed by atoms with Gasteiger partial charge in [-0.05, 0) is 151 Å². The normalized spacial score (nSPS) is 15.2. The van der Waals surface area contributed by atoms with Crippen molar-refractivity contribution >= 4 is 17.1 Å². The first-order valence-electron chi connectivity index (χ1n) is 26.5. The van der Waals surface area contributed by atoms with E-state index in [2.05, 4.69) is 258 Å². The highest BCUT2D eigenvalue weighted by molar-refractivity contribution is 5.92. The number of anilines is 3. The molecule has 0 fully saturated rings. The zero-order chi connectivity index (χ0) is 48.6. The van der Waals surface area contributed by atoms with E-state index in [9.17, 15) is 0 Å². The van der Waals surface area contributed by atoms with E-state index in [1.807, 2.05) is 0 Å². The summed E-state index contributed by atoms with van der Waals surface area (Å²) in [6.45, 7) is 11.5. The third kappa shape index (κ3) is 7.95. The van der Waals surface area contributed by atoms with Crippen LogP contribution in [0.15, 0.2) is 218 Å². The Balaban J connectivity index is 1.13. The molecule has 0 aromatic heterocycles. The molecule has 0 heterocycles. The van der Waals surface area contributed by atoms with Gasteiger partial charge in [-0.25, -0.2) is 0 Å². The van der Waals surface area contributed by atoms with Gasteiger partial charge in [0.15, 0.2) is 0 Å². The number of hydrogen-bond acceptors (Lipinski definition) is 1. The van der Waals surface area contributed by atoms with Crippen LogP contribution in [0.3, 0.4) is 0 Å². The van der Waals surface area contributed by atoms with Crippen LogP contribution in [0.2, 0.25) is 0 Å². The zero-order valence-electron chi connectivity index (χ0n) is 42.4. The van der Waals surface area contributed by atoms with Crippen molar-refractivity contribution in [3.05, 3.63) is 280 Å². The predicted octanol–water partition coefficient (Wildman–Crippen LogP) is 18.6. The summed E-state index contributed by atoms with van der Waals surface area (Å²) >= 11 is 0. The van der Waals surface area contributed by atoms with Gasteiger partial charge in [-0.1, -0.05) is 242 Å². The van der Waals surface area contributed by atoms with Gasteiger partial charge < -0.3 is 4.90 Å². The molecular formula is C70H67N. The predicted molar refractivity (Wildman–Crippen MR) is 301 cm³/mol. The summed E-state index contributed by atoms with van der Waals surface area (Å²) in [5.74, 6) is 0. The molecule has 0 saturated heterocycles. The average molecular weight is 922 g/mol. The van der Waals surface area contributed by atoms with Gasteiger partial charge >= 0.3 is 0 Å². The second-order valence-corrected chi connectivity index (χ2v) is 21.2. The molecule has 9 aromatic rings. The number of hydrogen-bond donors (Lipinski definition) is 0. The molecule has 11 rings (SSSR count). The Labute approximate surface area is 423 Å². The van der Waals surface area contributed by atoms with Crippen LogP contribution >= 0.6 is 0 Å². The Morgan fingerprint density at radius 3 is 1.15 bits per heavy atom. The van der Waals surface area contributed by atoms with Gasteiger partial charge in [0.2, 0.25) is 0 Å². The Morgan fingerprint density at radius 1 is 0.338 bits per heavy atom. The van der Waals surface area contributed by atoms with Crippen LogP contribution in [0.25, 0.3) is 22.3 Å². The Kier molecular flexibility index (Phi) is 12.5. The second kappa shape index (κ2) is 19.2. The summed E-state index contributed by atoms with van der Waals surface area (Å²) in [7, 11) is 0. The smallest absolute Gasteiger partial charge is 0.0714 e. The summed E-state index contributed by atoms with van der Waals surface area (Å²) in [4.78, 5) is 2.50. The van der Waals surface area contributed by atoms with Crippen molar-refractivity contribution in [1.82, 2.24) is 0 Å². The van der Waals surface area contributed by atoms with Crippen LogP contribution in [0.5, 0.6) is 0 Å². The molecule has 0 spiro atoms. The van der Waals surface area contributed by atoms with Crippen LogP contribution in [0.1, 0.15) is 134 Å². The van der Waals surface area contributed by atoms with Gasteiger partial charge in [0.1, 0.15) is 0 Å². The van der Waals surface area contributed by atoms with E-state index in [1.165, 1.54) is 122 Å². The molecule has 0 amide bonds. The summed E-state index contributed by atoms with van der Waals surface area (Å²) < 4.78 is 0. The highest BCUT2D eigenvalue weighted by Crippen LogP contribution is 2.60. The van der Waals surface area contributed by atoms with Crippen molar-refractivity contribution in [2.75, 3.05) is 4.90 Å². The van der Waals surface area contributed by atoms with Crippen molar-refractivity contribution < 1.29 is 0 Å². The van der Waals surface area contributed by atoms with Crippen LogP contribution in [0.4, 0.5) is 17.1 Å². The maximum Gasteiger partial charge on any atom is 0.0714 e. The van der Waals surface area contributed by atoms with Crippen LogP contribution in [-0.2, 0) is 29.1 Å². The zero-order valence-corrected chi connectivity index (χ0v) is 42.4. The van der Waals surface area contributed by atoms with Gasteiger partial charge in [-0.15, -0.1) is 0 Å². The largest absolute Gasteiger partial charge is 0.310 e. The van der Waals surface area contributed by atoms with E-state index in [0.717, 1.165) is 29.9 Å². The first-order chi connectivity index (χ1) is 34.8. The lowest BCUT2D eigenvalue weighted by Crippen LogP contribution is -2.29. The summed E-state index contributed by atoms with van der Waals surface area (Å²) in [5.41, 5.74) is 22.1. The fourth-order valence-corrected chi connectivity index (χ4v) is 12.3. The second-order valence-electron chi connectivity index (χ2n) is 21.2. The molecule has 1 heteroatoms. The summed E-state index contributed by atoms with van der Waals surface area (Å²) in [6, 6.07) is 84.0. The third-order valence-corrected chi connectivity index (χ3v) is 15.9. The minimum atomic E-state index is -0.540. The van der Waals surface area contributed by atoms with Gasteiger partial charge in [0.25, 0.3) is 0 Å². The maximum absolute atomic E-state index is 2.53.